The van der Waals surface area contributed by atoms with E-state index in [9.17, 15) is 9.59 Å². The molecule has 0 N–H and O–H groups in total. The summed E-state index contributed by atoms with van der Waals surface area (Å²) >= 11 is 1.85. The third-order valence-electron chi connectivity index (χ3n) is 6.17. The maximum atomic E-state index is 13.2. The lowest BCUT2D eigenvalue weighted by atomic mass is 10.00. The van der Waals surface area contributed by atoms with Crippen molar-refractivity contribution in [3.05, 3.63) is 59.7 Å². The summed E-state index contributed by atoms with van der Waals surface area (Å²) in [5, 5.41) is 0. The van der Waals surface area contributed by atoms with E-state index in [0.717, 1.165) is 42.2 Å². The number of amides is 2. The highest BCUT2D eigenvalue weighted by Gasteiger charge is 2.47. The highest BCUT2D eigenvalue weighted by atomic mass is 32.2. The zero-order valence-electron chi connectivity index (χ0n) is 18.0. The maximum Gasteiger partial charge on any atom is 0.255 e. The molecule has 2 heterocycles. The molecule has 4 rings (SSSR count). The molecule has 0 radical (unpaired) electrons. The van der Waals surface area contributed by atoms with Gasteiger partial charge >= 0.3 is 0 Å². The van der Waals surface area contributed by atoms with Crippen molar-refractivity contribution in [1.29, 1.82) is 0 Å². The minimum absolute atomic E-state index is 0.0608. The number of ether oxygens (including phenoxy) is 2. The van der Waals surface area contributed by atoms with Crippen LogP contribution in [-0.2, 0) is 11.2 Å². The fourth-order valence-electron chi connectivity index (χ4n) is 4.33. The van der Waals surface area contributed by atoms with Crippen LogP contribution in [0.3, 0.4) is 0 Å². The molecule has 2 amide bonds. The van der Waals surface area contributed by atoms with Crippen LogP contribution in [0.1, 0.15) is 28.8 Å². The standard InChI is InChI=1S/C24H28N2O4S/c1-29-20-7-3-18(4-8-20)17-22(27)25-13-11-24(12-14-25)26(15-16-31-24)23(28)19-5-9-21(30-2)10-6-19/h3-10H,11-17H2,1-2H3. The number of thioether (sulfide) groups is 1. The van der Waals surface area contributed by atoms with Crippen molar-refractivity contribution in [3.63, 3.8) is 0 Å². The first-order chi connectivity index (χ1) is 15.0. The van der Waals surface area contributed by atoms with Gasteiger partial charge in [0.2, 0.25) is 5.91 Å². The summed E-state index contributed by atoms with van der Waals surface area (Å²) in [7, 11) is 3.25. The molecule has 0 saturated carbocycles. The van der Waals surface area contributed by atoms with Gasteiger partial charge in [-0.05, 0) is 54.8 Å². The van der Waals surface area contributed by atoms with Gasteiger partial charge in [0.15, 0.2) is 0 Å². The Labute approximate surface area is 187 Å². The largest absolute Gasteiger partial charge is 0.497 e. The van der Waals surface area contributed by atoms with E-state index in [0.29, 0.717) is 25.1 Å². The van der Waals surface area contributed by atoms with E-state index in [2.05, 4.69) is 0 Å². The molecular weight excluding hydrogens is 412 g/mol. The van der Waals surface area contributed by atoms with Gasteiger partial charge in [-0.15, -0.1) is 11.8 Å². The van der Waals surface area contributed by atoms with Crippen LogP contribution in [0, 0.1) is 0 Å². The highest BCUT2D eigenvalue weighted by molar-refractivity contribution is 8.00. The summed E-state index contributed by atoms with van der Waals surface area (Å²) in [4.78, 5) is 29.8. The van der Waals surface area contributed by atoms with Crippen molar-refractivity contribution in [2.45, 2.75) is 24.1 Å². The zero-order valence-corrected chi connectivity index (χ0v) is 18.8. The molecule has 0 bridgehead atoms. The molecule has 6 nitrogen and oxygen atoms in total. The number of methoxy groups -OCH3 is 2. The number of hydrogen-bond donors (Lipinski definition) is 0. The predicted molar refractivity (Wildman–Crippen MR) is 122 cm³/mol. The monoisotopic (exact) mass is 440 g/mol. The highest BCUT2D eigenvalue weighted by Crippen LogP contribution is 2.44. The number of likely N-dealkylation sites (tertiary alicyclic amines) is 1. The summed E-state index contributed by atoms with van der Waals surface area (Å²) in [6.07, 6.45) is 1.99. The number of hydrogen-bond acceptors (Lipinski definition) is 5. The van der Waals surface area contributed by atoms with Gasteiger partial charge in [-0.2, -0.15) is 0 Å². The second kappa shape index (κ2) is 9.22. The van der Waals surface area contributed by atoms with Crippen molar-refractivity contribution in [2.24, 2.45) is 0 Å². The number of rotatable bonds is 5. The summed E-state index contributed by atoms with van der Waals surface area (Å²) in [6.45, 7) is 2.10. The first-order valence-corrected chi connectivity index (χ1v) is 11.5. The zero-order chi connectivity index (χ0) is 21.8. The number of benzene rings is 2. The number of carbonyl (C=O) groups is 2. The molecule has 0 aliphatic carbocycles. The van der Waals surface area contributed by atoms with Crippen LogP contribution in [0.2, 0.25) is 0 Å². The van der Waals surface area contributed by atoms with Crippen LogP contribution in [0.15, 0.2) is 48.5 Å². The normalized spacial score (nSPS) is 17.6. The Kier molecular flexibility index (Phi) is 6.41. The summed E-state index contributed by atoms with van der Waals surface area (Å²) in [5.74, 6) is 2.66. The molecular formula is C24H28N2O4S. The van der Waals surface area contributed by atoms with E-state index in [1.165, 1.54) is 0 Å². The molecule has 2 saturated heterocycles. The van der Waals surface area contributed by atoms with E-state index < -0.39 is 0 Å². The predicted octanol–water partition coefficient (Wildman–Crippen LogP) is 3.45. The smallest absolute Gasteiger partial charge is 0.255 e. The van der Waals surface area contributed by atoms with Crippen molar-refractivity contribution >= 4 is 23.6 Å². The molecule has 1 spiro atoms. The SMILES string of the molecule is COc1ccc(CC(=O)N2CCC3(CC2)SCCN3C(=O)c2ccc(OC)cc2)cc1. The molecule has 2 fully saturated rings. The van der Waals surface area contributed by atoms with Gasteiger partial charge in [-0.3, -0.25) is 9.59 Å². The van der Waals surface area contributed by atoms with Gasteiger partial charge in [-0.1, -0.05) is 12.1 Å². The lowest BCUT2D eigenvalue weighted by molar-refractivity contribution is -0.132. The molecule has 0 unspecified atom stereocenters. The molecule has 164 valence electrons. The quantitative estimate of drug-likeness (QED) is 0.713. The lowest BCUT2D eigenvalue weighted by Gasteiger charge is -2.44. The van der Waals surface area contributed by atoms with E-state index in [1.807, 2.05) is 70.1 Å². The average Bonchev–Trinajstić information content (AvgIpc) is 3.22. The van der Waals surface area contributed by atoms with E-state index in [4.69, 9.17) is 9.47 Å². The Bertz CT molecular complexity index is 922. The summed E-state index contributed by atoms with van der Waals surface area (Å²) in [5.41, 5.74) is 1.67. The van der Waals surface area contributed by atoms with Gasteiger partial charge < -0.3 is 19.3 Å². The van der Waals surface area contributed by atoms with Gasteiger partial charge in [-0.25, -0.2) is 0 Å². The summed E-state index contributed by atoms with van der Waals surface area (Å²) in [6, 6.07) is 14.9. The average molecular weight is 441 g/mol. The Morgan fingerprint density at radius 2 is 1.48 bits per heavy atom. The minimum Gasteiger partial charge on any atom is -0.497 e. The third kappa shape index (κ3) is 4.51. The molecule has 31 heavy (non-hydrogen) atoms. The van der Waals surface area contributed by atoms with Gasteiger partial charge in [0.25, 0.3) is 5.91 Å². The topological polar surface area (TPSA) is 59.1 Å². The molecule has 2 aromatic carbocycles. The van der Waals surface area contributed by atoms with Crippen molar-refractivity contribution in [3.8, 4) is 11.5 Å². The van der Waals surface area contributed by atoms with Crippen molar-refractivity contribution < 1.29 is 19.1 Å². The van der Waals surface area contributed by atoms with Crippen LogP contribution >= 0.6 is 11.8 Å². The Hall–Kier alpha value is -2.67. The summed E-state index contributed by atoms with van der Waals surface area (Å²) < 4.78 is 10.4. The van der Waals surface area contributed by atoms with Crippen LogP contribution in [0.25, 0.3) is 0 Å². The van der Waals surface area contributed by atoms with Crippen molar-refractivity contribution in [2.75, 3.05) is 39.6 Å². The first kappa shape index (κ1) is 21.6. The van der Waals surface area contributed by atoms with Gasteiger partial charge in [0.05, 0.1) is 25.5 Å². The maximum absolute atomic E-state index is 13.2. The number of carbonyl (C=O) groups excluding carboxylic acids is 2. The molecule has 0 atom stereocenters. The number of piperidine rings is 1. The molecule has 2 aromatic rings. The lowest BCUT2D eigenvalue weighted by Crippen LogP contribution is -2.53. The van der Waals surface area contributed by atoms with Crippen molar-refractivity contribution in [1.82, 2.24) is 9.80 Å². The molecule has 2 aliphatic heterocycles. The Balaban J connectivity index is 1.38. The van der Waals surface area contributed by atoms with Crippen LogP contribution in [-0.4, -0.2) is 66.1 Å². The fourth-order valence-corrected chi connectivity index (χ4v) is 5.79. The van der Waals surface area contributed by atoms with Crippen LogP contribution in [0.5, 0.6) is 11.5 Å². The van der Waals surface area contributed by atoms with Gasteiger partial charge in [0.1, 0.15) is 11.5 Å². The molecule has 0 aromatic heterocycles. The van der Waals surface area contributed by atoms with Gasteiger partial charge in [0, 0.05) is 31.0 Å². The first-order valence-electron chi connectivity index (χ1n) is 10.6. The fraction of sp³-hybridized carbons (Fsp3) is 0.417. The number of nitrogens with zero attached hydrogens (tertiary/aromatic N) is 2. The van der Waals surface area contributed by atoms with Crippen LogP contribution < -0.4 is 9.47 Å². The van der Waals surface area contributed by atoms with E-state index in [-0.39, 0.29) is 16.7 Å². The third-order valence-corrected chi connectivity index (χ3v) is 7.72. The van der Waals surface area contributed by atoms with E-state index in [1.54, 1.807) is 14.2 Å². The van der Waals surface area contributed by atoms with Crippen LogP contribution in [0.4, 0.5) is 0 Å². The molecule has 7 heteroatoms. The molecule has 2 aliphatic rings. The minimum atomic E-state index is -0.214. The second-order valence-corrected chi connectivity index (χ2v) is 9.34. The Morgan fingerprint density at radius 3 is 2.06 bits per heavy atom. The second-order valence-electron chi connectivity index (χ2n) is 7.89. The Morgan fingerprint density at radius 1 is 0.903 bits per heavy atom. The van der Waals surface area contributed by atoms with E-state index >= 15 is 0 Å².